The van der Waals surface area contributed by atoms with Gasteiger partial charge >= 0.3 is 6.18 Å². The van der Waals surface area contributed by atoms with Gasteiger partial charge in [-0.05, 0) is 18.2 Å². The molecule has 0 aliphatic carbocycles. The fourth-order valence-corrected chi connectivity index (χ4v) is 1.61. The van der Waals surface area contributed by atoms with Crippen LogP contribution in [0.3, 0.4) is 0 Å². The van der Waals surface area contributed by atoms with E-state index >= 15 is 0 Å². The number of anilines is 1. The summed E-state index contributed by atoms with van der Waals surface area (Å²) in [7, 11) is 0. The summed E-state index contributed by atoms with van der Waals surface area (Å²) in [4.78, 5) is 22.5. The van der Waals surface area contributed by atoms with Crippen LogP contribution in [0.1, 0.15) is 12.5 Å². The number of halogens is 3. The Bertz CT molecular complexity index is 678. The van der Waals surface area contributed by atoms with Gasteiger partial charge in [0.2, 0.25) is 5.91 Å². The summed E-state index contributed by atoms with van der Waals surface area (Å²) in [5.41, 5.74) is -1.29. The summed E-state index contributed by atoms with van der Waals surface area (Å²) in [6, 6.07) is 5.73. The Morgan fingerprint density at radius 1 is 1.29 bits per heavy atom. The van der Waals surface area contributed by atoms with E-state index in [1.54, 1.807) is 6.07 Å². The van der Waals surface area contributed by atoms with Crippen LogP contribution in [0.2, 0.25) is 0 Å². The molecule has 0 atom stereocenters. The molecule has 1 aromatic carbocycles. The van der Waals surface area contributed by atoms with Gasteiger partial charge in [0.05, 0.1) is 5.56 Å². The van der Waals surface area contributed by atoms with Crippen LogP contribution in [0.4, 0.5) is 18.9 Å². The van der Waals surface area contributed by atoms with E-state index in [1.807, 2.05) is 0 Å². The minimum Gasteiger partial charge on any atom is -0.388 e. The molecule has 1 aromatic rings. The first-order chi connectivity index (χ1) is 11.2. The molecule has 0 saturated heterocycles. The second-order valence-corrected chi connectivity index (χ2v) is 4.64. The second kappa shape index (κ2) is 8.57. The number of carbonyl (C=O) groups is 2. The van der Waals surface area contributed by atoms with Crippen LogP contribution < -0.4 is 16.0 Å². The third-order valence-corrected chi connectivity index (χ3v) is 2.70. The maximum Gasteiger partial charge on any atom is 0.416 e. The maximum absolute atomic E-state index is 12.6. The van der Waals surface area contributed by atoms with Gasteiger partial charge in [-0.25, -0.2) is 0 Å². The van der Waals surface area contributed by atoms with Crippen molar-refractivity contribution in [2.45, 2.75) is 13.1 Å². The van der Waals surface area contributed by atoms with Crippen molar-refractivity contribution in [3.05, 3.63) is 41.6 Å². The third kappa shape index (κ3) is 6.39. The fraction of sp³-hybridized carbons (Fsp3) is 0.267. The van der Waals surface area contributed by atoms with Crippen molar-refractivity contribution in [2.24, 2.45) is 0 Å². The molecule has 9 heteroatoms. The molecule has 0 unspecified atom stereocenters. The Hall–Kier alpha value is -3.02. The Morgan fingerprint density at radius 2 is 2.00 bits per heavy atom. The first kappa shape index (κ1) is 19.0. The first-order valence-electron chi connectivity index (χ1n) is 6.80. The van der Waals surface area contributed by atoms with Crippen molar-refractivity contribution in [1.29, 1.82) is 5.26 Å². The molecule has 0 fully saturated rings. The molecular weight excluding hydrogens is 325 g/mol. The van der Waals surface area contributed by atoms with Gasteiger partial charge in [-0.1, -0.05) is 6.07 Å². The largest absolute Gasteiger partial charge is 0.416 e. The number of nitrogens with one attached hydrogen (secondary N) is 3. The van der Waals surface area contributed by atoms with Crippen molar-refractivity contribution >= 4 is 17.5 Å². The number of nitrogens with zero attached hydrogens (tertiary/aromatic N) is 1. The lowest BCUT2D eigenvalue weighted by atomic mass is 10.2. The number of rotatable bonds is 6. The zero-order valence-corrected chi connectivity index (χ0v) is 12.7. The minimum absolute atomic E-state index is 0.0748. The summed E-state index contributed by atoms with van der Waals surface area (Å²) < 4.78 is 37.8. The number of nitriles is 1. The summed E-state index contributed by atoms with van der Waals surface area (Å²) in [6.45, 7) is 1.92. The summed E-state index contributed by atoms with van der Waals surface area (Å²) >= 11 is 0. The zero-order chi connectivity index (χ0) is 18.2. The Balaban J connectivity index is 2.68. The van der Waals surface area contributed by atoms with Crippen molar-refractivity contribution in [3.63, 3.8) is 0 Å². The summed E-state index contributed by atoms with van der Waals surface area (Å²) in [6.07, 6.45) is -3.40. The molecule has 2 amide bonds. The maximum atomic E-state index is 12.6. The number of alkyl halides is 3. The van der Waals surface area contributed by atoms with Gasteiger partial charge in [-0.2, -0.15) is 18.4 Å². The van der Waals surface area contributed by atoms with Gasteiger partial charge in [0.1, 0.15) is 11.6 Å². The molecule has 6 nitrogen and oxygen atoms in total. The van der Waals surface area contributed by atoms with Gasteiger partial charge in [0.15, 0.2) is 0 Å². The van der Waals surface area contributed by atoms with Crippen molar-refractivity contribution in [2.75, 3.05) is 18.4 Å². The van der Waals surface area contributed by atoms with Crippen LogP contribution in [0.25, 0.3) is 0 Å². The predicted octanol–water partition coefficient (Wildman–Crippen LogP) is 1.78. The molecule has 0 bridgehead atoms. The molecule has 0 aliphatic rings. The highest BCUT2D eigenvalue weighted by Gasteiger charge is 2.30. The van der Waals surface area contributed by atoms with E-state index in [0.717, 1.165) is 24.4 Å². The third-order valence-electron chi connectivity index (χ3n) is 2.70. The second-order valence-electron chi connectivity index (χ2n) is 4.64. The highest BCUT2D eigenvalue weighted by atomic mass is 19.4. The molecule has 0 radical (unpaired) electrons. The predicted molar refractivity (Wildman–Crippen MR) is 80.5 cm³/mol. The molecular formula is C15H15F3N4O2. The van der Waals surface area contributed by atoms with Crippen LogP contribution in [0, 0.1) is 11.3 Å². The molecule has 0 saturated carbocycles. The molecule has 128 valence electrons. The van der Waals surface area contributed by atoms with Crippen LogP contribution in [0.15, 0.2) is 36.0 Å². The van der Waals surface area contributed by atoms with E-state index in [0.29, 0.717) is 6.54 Å². The van der Waals surface area contributed by atoms with Gasteiger partial charge in [0, 0.05) is 31.9 Å². The highest BCUT2D eigenvalue weighted by Crippen LogP contribution is 2.30. The lowest BCUT2D eigenvalue weighted by Gasteiger charge is -2.09. The Morgan fingerprint density at radius 3 is 2.58 bits per heavy atom. The quantitative estimate of drug-likeness (QED) is 0.418. The lowest BCUT2D eigenvalue weighted by Crippen LogP contribution is -2.28. The van der Waals surface area contributed by atoms with E-state index in [9.17, 15) is 22.8 Å². The van der Waals surface area contributed by atoms with Crippen molar-refractivity contribution in [3.8, 4) is 6.07 Å². The minimum atomic E-state index is -4.53. The topological polar surface area (TPSA) is 94.0 Å². The average Bonchev–Trinajstić information content (AvgIpc) is 2.50. The normalized spacial score (nSPS) is 11.4. The summed E-state index contributed by atoms with van der Waals surface area (Å²) in [5, 5.41) is 16.3. The molecule has 0 aliphatic heterocycles. The molecule has 24 heavy (non-hydrogen) atoms. The standard InChI is InChI=1S/C15H15F3N4O2/c1-10(23)21-6-5-20-9-11(8-19)14(24)22-13-4-2-3-12(7-13)15(16,17)18/h2-4,7,9,20H,5-6H2,1H3,(H,21,23)(H,22,24)/b11-9-. The lowest BCUT2D eigenvalue weighted by molar-refractivity contribution is -0.137. The number of hydrogen-bond donors (Lipinski definition) is 3. The Kier molecular flexibility index (Phi) is 6.79. The zero-order valence-electron chi connectivity index (χ0n) is 12.7. The van der Waals surface area contributed by atoms with Crippen molar-refractivity contribution < 1.29 is 22.8 Å². The molecule has 0 aromatic heterocycles. The number of carbonyl (C=O) groups excluding carboxylic acids is 2. The highest BCUT2D eigenvalue weighted by molar-refractivity contribution is 6.06. The van der Waals surface area contributed by atoms with Gasteiger partial charge in [0.25, 0.3) is 5.91 Å². The number of amides is 2. The van der Waals surface area contributed by atoms with Crippen LogP contribution in [-0.4, -0.2) is 24.9 Å². The molecule has 1 rings (SSSR count). The van der Waals surface area contributed by atoms with Crippen molar-refractivity contribution in [1.82, 2.24) is 10.6 Å². The molecule has 3 N–H and O–H groups in total. The average molecular weight is 340 g/mol. The van der Waals surface area contributed by atoms with Crippen LogP contribution in [0.5, 0.6) is 0 Å². The molecule has 0 heterocycles. The number of hydrogen-bond acceptors (Lipinski definition) is 4. The van der Waals surface area contributed by atoms with E-state index in [2.05, 4.69) is 16.0 Å². The van der Waals surface area contributed by atoms with E-state index < -0.39 is 17.6 Å². The Labute approximate surface area is 136 Å². The number of benzene rings is 1. The van der Waals surface area contributed by atoms with Gasteiger partial charge < -0.3 is 16.0 Å². The summed E-state index contributed by atoms with van der Waals surface area (Å²) in [5.74, 6) is -1.06. The monoisotopic (exact) mass is 340 g/mol. The first-order valence-corrected chi connectivity index (χ1v) is 6.80. The van der Waals surface area contributed by atoms with E-state index in [-0.39, 0.29) is 23.7 Å². The van der Waals surface area contributed by atoms with Gasteiger partial charge in [-0.3, -0.25) is 9.59 Å². The smallest absolute Gasteiger partial charge is 0.388 e. The molecule has 0 spiro atoms. The fourth-order valence-electron chi connectivity index (χ4n) is 1.61. The van der Waals surface area contributed by atoms with E-state index in [4.69, 9.17) is 5.26 Å². The van der Waals surface area contributed by atoms with Crippen LogP contribution in [-0.2, 0) is 15.8 Å². The van der Waals surface area contributed by atoms with E-state index in [1.165, 1.54) is 13.0 Å². The van der Waals surface area contributed by atoms with Gasteiger partial charge in [-0.15, -0.1) is 0 Å². The van der Waals surface area contributed by atoms with Crippen LogP contribution >= 0.6 is 0 Å². The SMILES string of the molecule is CC(=O)NCCN/C=C(/C#N)C(=O)Nc1cccc(C(F)(F)F)c1.